The third-order valence-electron chi connectivity index (χ3n) is 2.49. The fourth-order valence-electron chi connectivity index (χ4n) is 1.65. The Labute approximate surface area is 107 Å². The van der Waals surface area contributed by atoms with E-state index in [4.69, 9.17) is 5.73 Å². The molecule has 0 radical (unpaired) electrons. The van der Waals surface area contributed by atoms with Crippen molar-refractivity contribution in [3.05, 3.63) is 42.7 Å². The number of amides is 1. The van der Waals surface area contributed by atoms with E-state index < -0.39 is 5.91 Å². The Kier molecular flexibility index (Phi) is 2.53. The molecule has 0 aromatic carbocycles. The third kappa shape index (κ3) is 2.06. The van der Waals surface area contributed by atoms with Crippen LogP contribution in [-0.2, 0) is 0 Å². The summed E-state index contributed by atoms with van der Waals surface area (Å²) < 4.78 is 1.74. The first-order chi connectivity index (χ1) is 9.24. The summed E-state index contributed by atoms with van der Waals surface area (Å²) >= 11 is 0. The molecular formula is C11H9N7O. The maximum Gasteiger partial charge on any atom is 0.271 e. The van der Waals surface area contributed by atoms with Crippen molar-refractivity contribution in [3.63, 3.8) is 0 Å². The van der Waals surface area contributed by atoms with Crippen LogP contribution in [0, 0.1) is 0 Å². The number of anilines is 2. The number of nitrogens with two attached hydrogens (primary N) is 1. The molecule has 19 heavy (non-hydrogen) atoms. The fraction of sp³-hybridized carbons (Fsp3) is 0. The number of carbonyl (C=O) groups excluding carboxylic acids is 1. The van der Waals surface area contributed by atoms with E-state index in [9.17, 15) is 4.79 Å². The molecule has 3 aromatic heterocycles. The van der Waals surface area contributed by atoms with Gasteiger partial charge in [0.1, 0.15) is 6.33 Å². The van der Waals surface area contributed by atoms with Gasteiger partial charge in [-0.05, 0) is 12.1 Å². The number of fused-ring (bicyclic) bond motifs is 1. The highest BCUT2D eigenvalue weighted by atomic mass is 16.1. The number of carbonyl (C=O) groups is 1. The second-order valence-electron chi connectivity index (χ2n) is 3.76. The molecule has 1 amide bonds. The molecule has 0 aliphatic rings. The highest BCUT2D eigenvalue weighted by molar-refractivity contribution is 5.96. The topological polar surface area (TPSA) is 111 Å². The summed E-state index contributed by atoms with van der Waals surface area (Å²) in [5.41, 5.74) is 6.76. The van der Waals surface area contributed by atoms with Crippen molar-refractivity contribution in [3.8, 4) is 0 Å². The molecule has 3 aromatic rings. The second kappa shape index (κ2) is 4.33. The lowest BCUT2D eigenvalue weighted by molar-refractivity contribution is 0.0996. The quantitative estimate of drug-likeness (QED) is 0.699. The standard InChI is InChI=1S/C11H9N7O/c12-10(19)9-11(14-4-3-13-9)16-7-1-2-8-17-15-6-18(8)5-7/h1-6H,(H2,12,19)(H,14,16). The molecule has 0 atom stereocenters. The average molecular weight is 255 g/mol. The molecule has 94 valence electrons. The van der Waals surface area contributed by atoms with Crippen molar-refractivity contribution in [1.82, 2.24) is 24.6 Å². The fourth-order valence-corrected chi connectivity index (χ4v) is 1.65. The number of hydrogen-bond donors (Lipinski definition) is 2. The first-order valence-corrected chi connectivity index (χ1v) is 5.41. The van der Waals surface area contributed by atoms with Gasteiger partial charge in [0.05, 0.1) is 5.69 Å². The molecule has 0 bridgehead atoms. The summed E-state index contributed by atoms with van der Waals surface area (Å²) in [6.07, 6.45) is 6.24. The van der Waals surface area contributed by atoms with Crippen molar-refractivity contribution in [2.45, 2.75) is 0 Å². The van der Waals surface area contributed by atoms with Gasteiger partial charge in [0.2, 0.25) is 0 Å². The summed E-state index contributed by atoms with van der Waals surface area (Å²) in [5.74, 6) is -0.330. The molecule has 0 saturated heterocycles. The first-order valence-electron chi connectivity index (χ1n) is 5.41. The average Bonchev–Trinajstić information content (AvgIpc) is 2.86. The van der Waals surface area contributed by atoms with Crippen molar-refractivity contribution in [2.75, 3.05) is 5.32 Å². The van der Waals surface area contributed by atoms with Crippen LogP contribution in [0.3, 0.4) is 0 Å². The lowest BCUT2D eigenvalue weighted by Gasteiger charge is -2.07. The second-order valence-corrected chi connectivity index (χ2v) is 3.76. The Morgan fingerprint density at radius 3 is 2.95 bits per heavy atom. The predicted octanol–water partition coefficient (Wildman–Crippen LogP) is 0.362. The minimum absolute atomic E-state index is 0.0892. The zero-order valence-corrected chi connectivity index (χ0v) is 9.69. The van der Waals surface area contributed by atoms with E-state index in [0.29, 0.717) is 5.82 Å². The van der Waals surface area contributed by atoms with Crippen LogP contribution >= 0.6 is 0 Å². The minimum Gasteiger partial charge on any atom is -0.364 e. The normalized spacial score (nSPS) is 10.5. The number of nitrogens with zero attached hydrogens (tertiary/aromatic N) is 5. The van der Waals surface area contributed by atoms with Crippen molar-refractivity contribution >= 4 is 23.1 Å². The van der Waals surface area contributed by atoms with Crippen LogP contribution in [0.4, 0.5) is 11.5 Å². The number of pyridine rings is 1. The van der Waals surface area contributed by atoms with Crippen LogP contribution in [0.5, 0.6) is 0 Å². The molecule has 0 aliphatic heterocycles. The maximum absolute atomic E-state index is 11.2. The number of aromatic nitrogens is 5. The lowest BCUT2D eigenvalue weighted by atomic mass is 10.3. The van der Waals surface area contributed by atoms with E-state index in [-0.39, 0.29) is 5.69 Å². The summed E-state index contributed by atoms with van der Waals surface area (Å²) in [4.78, 5) is 19.2. The SMILES string of the molecule is NC(=O)c1nccnc1Nc1ccc2nncn2c1. The van der Waals surface area contributed by atoms with Crippen LogP contribution in [0.2, 0.25) is 0 Å². The minimum atomic E-state index is -0.638. The highest BCUT2D eigenvalue weighted by Gasteiger charge is 2.10. The Morgan fingerprint density at radius 2 is 2.11 bits per heavy atom. The first kappa shape index (κ1) is 11.1. The lowest BCUT2D eigenvalue weighted by Crippen LogP contribution is -2.16. The Hall–Kier alpha value is -3.03. The van der Waals surface area contributed by atoms with Crippen LogP contribution in [-0.4, -0.2) is 30.5 Å². The number of primary amides is 1. The van der Waals surface area contributed by atoms with Gasteiger partial charge in [-0.2, -0.15) is 0 Å². The van der Waals surface area contributed by atoms with Gasteiger partial charge >= 0.3 is 0 Å². The highest BCUT2D eigenvalue weighted by Crippen LogP contribution is 2.16. The molecular weight excluding hydrogens is 246 g/mol. The molecule has 0 unspecified atom stereocenters. The van der Waals surface area contributed by atoms with Gasteiger partial charge in [-0.15, -0.1) is 10.2 Å². The molecule has 0 fully saturated rings. The third-order valence-corrected chi connectivity index (χ3v) is 2.49. The molecule has 3 rings (SSSR count). The van der Waals surface area contributed by atoms with E-state index in [0.717, 1.165) is 11.3 Å². The molecule has 3 heterocycles. The molecule has 0 spiro atoms. The number of hydrogen-bond acceptors (Lipinski definition) is 6. The Balaban J connectivity index is 1.98. The number of rotatable bonds is 3. The number of nitrogens with one attached hydrogen (secondary N) is 1. The van der Waals surface area contributed by atoms with Gasteiger partial charge in [-0.1, -0.05) is 0 Å². The van der Waals surface area contributed by atoms with Crippen LogP contribution < -0.4 is 11.1 Å². The summed E-state index contributed by atoms with van der Waals surface area (Å²) in [6.45, 7) is 0. The van der Waals surface area contributed by atoms with Gasteiger partial charge < -0.3 is 11.1 Å². The molecule has 0 aliphatic carbocycles. The van der Waals surface area contributed by atoms with Gasteiger partial charge in [-0.25, -0.2) is 9.97 Å². The summed E-state index contributed by atoms with van der Waals surface area (Å²) in [7, 11) is 0. The van der Waals surface area contributed by atoms with Crippen LogP contribution in [0.15, 0.2) is 37.1 Å². The van der Waals surface area contributed by atoms with E-state index in [1.165, 1.54) is 12.4 Å². The zero-order valence-electron chi connectivity index (χ0n) is 9.69. The van der Waals surface area contributed by atoms with Gasteiger partial charge in [0.25, 0.3) is 5.91 Å². The van der Waals surface area contributed by atoms with E-state index in [1.807, 2.05) is 0 Å². The van der Waals surface area contributed by atoms with Crippen LogP contribution in [0.25, 0.3) is 5.65 Å². The monoisotopic (exact) mass is 255 g/mol. The van der Waals surface area contributed by atoms with Gasteiger partial charge in [0.15, 0.2) is 17.2 Å². The van der Waals surface area contributed by atoms with E-state index in [2.05, 4.69) is 25.5 Å². The molecule has 0 saturated carbocycles. The van der Waals surface area contributed by atoms with Gasteiger partial charge in [0, 0.05) is 18.6 Å². The van der Waals surface area contributed by atoms with E-state index in [1.54, 1.807) is 29.1 Å². The zero-order chi connectivity index (χ0) is 13.2. The van der Waals surface area contributed by atoms with Crippen LogP contribution in [0.1, 0.15) is 10.5 Å². The van der Waals surface area contributed by atoms with Crippen molar-refractivity contribution < 1.29 is 4.79 Å². The van der Waals surface area contributed by atoms with Gasteiger partial charge in [-0.3, -0.25) is 9.20 Å². The van der Waals surface area contributed by atoms with Crippen molar-refractivity contribution in [1.29, 1.82) is 0 Å². The predicted molar refractivity (Wildman–Crippen MR) is 66.8 cm³/mol. The molecule has 3 N–H and O–H groups in total. The summed E-state index contributed by atoms with van der Waals surface area (Å²) in [6, 6.07) is 3.58. The molecule has 8 heteroatoms. The molecule has 8 nitrogen and oxygen atoms in total. The Bertz CT molecular complexity index is 751. The smallest absolute Gasteiger partial charge is 0.271 e. The van der Waals surface area contributed by atoms with E-state index >= 15 is 0 Å². The largest absolute Gasteiger partial charge is 0.364 e. The Morgan fingerprint density at radius 1 is 1.26 bits per heavy atom. The maximum atomic E-state index is 11.2. The summed E-state index contributed by atoms with van der Waals surface area (Å²) in [5, 5.41) is 10.7. The van der Waals surface area contributed by atoms with Crippen molar-refractivity contribution in [2.24, 2.45) is 5.73 Å².